The summed E-state index contributed by atoms with van der Waals surface area (Å²) in [5.41, 5.74) is 4.07. The second-order valence-corrected chi connectivity index (χ2v) is 5.06. The van der Waals surface area contributed by atoms with Crippen molar-refractivity contribution in [2.24, 2.45) is 0 Å². The molecule has 108 valence electrons. The summed E-state index contributed by atoms with van der Waals surface area (Å²) in [6, 6.07) is 6.59. The molecule has 0 radical (unpaired) electrons. The Labute approximate surface area is 131 Å². The van der Waals surface area contributed by atoms with Crippen LogP contribution >= 0.6 is 9.19 Å². The topological polar surface area (TPSA) is 17.8 Å². The maximum atomic E-state index is 4.45. The Bertz CT molecular complexity index is 467. The Kier molecular flexibility index (Phi) is 6.87. The van der Waals surface area contributed by atoms with Crippen molar-refractivity contribution in [1.82, 2.24) is 9.55 Å². The zero-order valence-corrected chi connectivity index (χ0v) is 13.9. The summed E-state index contributed by atoms with van der Waals surface area (Å²) in [7, 11) is 4.45. The number of hydrogen-bond donors (Lipinski definition) is 0. The van der Waals surface area contributed by atoms with Crippen molar-refractivity contribution in [3.63, 3.8) is 0 Å². The molecule has 0 atom stereocenters. The van der Waals surface area contributed by atoms with Gasteiger partial charge < -0.3 is 4.57 Å². The van der Waals surface area contributed by atoms with Crippen LogP contribution in [0.3, 0.4) is 0 Å². The second-order valence-electron chi connectivity index (χ2n) is 5.06. The van der Waals surface area contributed by atoms with Crippen LogP contribution in [0.25, 0.3) is 5.69 Å². The molecule has 4 heteroatoms. The number of halogens is 1. The molecule has 0 amide bonds. The Morgan fingerprint density at radius 2 is 1.58 bits per heavy atom. The van der Waals surface area contributed by atoms with Crippen LogP contribution < -0.4 is 0 Å². The molecule has 19 heavy (non-hydrogen) atoms. The number of imidazole rings is 1. The molecule has 0 fully saturated rings. The zero-order valence-electron chi connectivity index (χ0n) is 11.7. The minimum atomic E-state index is 0.520. The first-order valence-electron chi connectivity index (χ1n) is 6.33. The molecule has 0 aliphatic heterocycles. The molecule has 0 saturated carbocycles. The van der Waals surface area contributed by atoms with Gasteiger partial charge in [0.1, 0.15) is 0 Å². The first kappa shape index (κ1) is 16.5. The van der Waals surface area contributed by atoms with Gasteiger partial charge in [0.2, 0.25) is 0 Å². The van der Waals surface area contributed by atoms with Crippen LogP contribution in [0, 0.1) is 0 Å². The predicted octanol–water partition coefficient (Wildman–Crippen LogP) is 4.81. The number of aromatic nitrogens is 2. The summed E-state index contributed by atoms with van der Waals surface area (Å²) in [6.45, 7) is 8.94. The maximum absolute atomic E-state index is 4.45. The fourth-order valence-corrected chi connectivity index (χ4v) is 2.20. The van der Waals surface area contributed by atoms with Gasteiger partial charge in [-0.15, -0.1) is 0 Å². The number of hydrogen-bond acceptors (Lipinski definition) is 1. The van der Waals surface area contributed by atoms with Crippen molar-refractivity contribution < 1.29 is 20.0 Å². The molecule has 0 N–H and O–H groups in total. The van der Waals surface area contributed by atoms with Gasteiger partial charge in [-0.25, -0.2) is 4.98 Å². The second kappa shape index (κ2) is 7.91. The van der Waals surface area contributed by atoms with E-state index in [4.69, 9.17) is 0 Å². The summed E-state index contributed by atoms with van der Waals surface area (Å²) >= 11 is 2.42. The van der Waals surface area contributed by atoms with Gasteiger partial charge in [-0.3, -0.25) is 0 Å². The Morgan fingerprint density at radius 3 is 1.95 bits per heavy atom. The average Bonchev–Trinajstić information content (AvgIpc) is 2.93. The van der Waals surface area contributed by atoms with E-state index in [1.54, 1.807) is 0 Å². The van der Waals surface area contributed by atoms with Crippen LogP contribution in [-0.4, -0.2) is 9.55 Å². The number of benzene rings is 1. The van der Waals surface area contributed by atoms with E-state index in [0.29, 0.717) is 11.8 Å². The summed E-state index contributed by atoms with van der Waals surface area (Å²) in [5, 5.41) is 0. The normalized spacial score (nSPS) is 10.6. The van der Waals surface area contributed by atoms with Gasteiger partial charge in [0.25, 0.3) is 0 Å². The van der Waals surface area contributed by atoms with Gasteiger partial charge in [0.15, 0.2) is 0 Å². The van der Waals surface area contributed by atoms with Gasteiger partial charge in [-0.2, -0.15) is 0 Å². The van der Waals surface area contributed by atoms with Gasteiger partial charge >= 0.3 is 29.2 Å². The quantitative estimate of drug-likeness (QED) is 0.708. The molecule has 1 aromatic carbocycles. The summed E-state index contributed by atoms with van der Waals surface area (Å²) in [5.74, 6) is 1.04. The van der Waals surface area contributed by atoms with Gasteiger partial charge in [0, 0.05) is 12.4 Å². The Balaban J connectivity index is 0.000000861. The first-order chi connectivity index (χ1) is 9.11. The van der Waals surface area contributed by atoms with Gasteiger partial charge in [-0.1, -0.05) is 45.9 Å². The van der Waals surface area contributed by atoms with E-state index < -0.39 is 0 Å². The van der Waals surface area contributed by atoms with E-state index in [1.807, 2.05) is 18.7 Å². The Morgan fingerprint density at radius 1 is 1.05 bits per heavy atom. The molecule has 0 spiro atoms. The van der Waals surface area contributed by atoms with E-state index in [9.17, 15) is 0 Å². The summed E-state index contributed by atoms with van der Waals surface area (Å²) in [6.07, 6.45) is 5.74. The monoisotopic (exact) mass is 370 g/mol. The molecule has 2 aromatic rings. The number of nitrogens with zero attached hydrogens (tertiary/aromatic N) is 2. The van der Waals surface area contributed by atoms with Crippen molar-refractivity contribution in [1.29, 1.82) is 0 Å². The molecule has 1 heterocycles. The summed E-state index contributed by atoms with van der Waals surface area (Å²) in [4.78, 5) is 4.16. The third-order valence-corrected chi connectivity index (χ3v) is 3.11. The first-order valence-corrected chi connectivity index (χ1v) is 8.24. The minimum absolute atomic E-state index is 0.520. The van der Waals surface area contributed by atoms with Crippen LogP contribution in [0.1, 0.15) is 50.7 Å². The Hall–Kier alpha value is -0.540. The molecular formula is C15H20AgClN2. The van der Waals surface area contributed by atoms with Crippen LogP contribution in [0.2, 0.25) is 0 Å². The molecule has 0 unspecified atom stereocenters. The number of rotatable bonds is 3. The SMILES string of the molecule is CC(C)c1cccc(C(C)C)c1-n1ccnc1.[Cl][Ag]. The van der Waals surface area contributed by atoms with E-state index in [1.165, 1.54) is 16.8 Å². The zero-order chi connectivity index (χ0) is 14.4. The van der Waals surface area contributed by atoms with Crippen molar-refractivity contribution >= 4 is 9.19 Å². The molecule has 0 aliphatic rings. The van der Waals surface area contributed by atoms with E-state index in [2.05, 4.69) is 84.6 Å². The standard InChI is InChI=1S/C15H20N2.Ag.ClH/c1-11(2)13-6-5-7-14(12(3)4)15(13)17-9-8-16-10-17;;/h5-12H,1-4H3;;1H/q;+1;/p-1. The fourth-order valence-electron chi connectivity index (χ4n) is 2.20. The fraction of sp³-hybridized carbons (Fsp3) is 0.400. The molecule has 2 nitrogen and oxygen atoms in total. The molecule has 0 bridgehead atoms. The molecule has 1 aromatic heterocycles. The van der Waals surface area contributed by atoms with E-state index in [-0.39, 0.29) is 0 Å². The van der Waals surface area contributed by atoms with Gasteiger partial charge in [0.05, 0.1) is 12.0 Å². The van der Waals surface area contributed by atoms with Crippen molar-refractivity contribution in [2.75, 3.05) is 0 Å². The van der Waals surface area contributed by atoms with Crippen LogP contribution in [0.4, 0.5) is 0 Å². The average molecular weight is 372 g/mol. The number of para-hydroxylation sites is 1. The van der Waals surface area contributed by atoms with Crippen molar-refractivity contribution in [2.45, 2.75) is 39.5 Å². The predicted molar refractivity (Wildman–Crippen MR) is 77.6 cm³/mol. The van der Waals surface area contributed by atoms with Gasteiger partial charge in [-0.05, 0) is 23.0 Å². The third-order valence-electron chi connectivity index (χ3n) is 3.11. The van der Waals surface area contributed by atoms with Crippen molar-refractivity contribution in [3.05, 3.63) is 48.0 Å². The van der Waals surface area contributed by atoms with E-state index in [0.717, 1.165) is 0 Å². The van der Waals surface area contributed by atoms with Crippen molar-refractivity contribution in [3.8, 4) is 5.69 Å². The van der Waals surface area contributed by atoms with Crippen LogP contribution in [0.15, 0.2) is 36.9 Å². The van der Waals surface area contributed by atoms with E-state index >= 15 is 0 Å². The molecule has 2 rings (SSSR count). The van der Waals surface area contributed by atoms with Crippen LogP contribution in [-0.2, 0) is 20.0 Å². The van der Waals surface area contributed by atoms with Crippen LogP contribution in [0.5, 0.6) is 0 Å². The molecule has 0 aliphatic carbocycles. The third kappa shape index (κ3) is 3.96. The summed E-state index contributed by atoms with van der Waals surface area (Å²) < 4.78 is 2.13. The molecular weight excluding hydrogens is 352 g/mol. The molecule has 0 saturated heterocycles.